The molecule has 0 saturated carbocycles. The summed E-state index contributed by atoms with van der Waals surface area (Å²) in [5, 5.41) is 0. The third kappa shape index (κ3) is 4.28. The van der Waals surface area contributed by atoms with Gasteiger partial charge in [-0.2, -0.15) is 0 Å². The highest BCUT2D eigenvalue weighted by atomic mass is 16.5. The third-order valence-corrected chi connectivity index (χ3v) is 4.61. The van der Waals surface area contributed by atoms with Crippen LogP contribution in [0.15, 0.2) is 24.5 Å². The number of pyridine rings is 1. The van der Waals surface area contributed by atoms with Gasteiger partial charge in [0, 0.05) is 24.9 Å². The summed E-state index contributed by atoms with van der Waals surface area (Å²) in [6.45, 7) is 3.83. The van der Waals surface area contributed by atoms with E-state index in [0.29, 0.717) is 26.3 Å². The van der Waals surface area contributed by atoms with Gasteiger partial charge in [0.25, 0.3) is 0 Å². The number of hydrogen-bond acceptors (Lipinski definition) is 5. The molecular weight excluding hydrogens is 330 g/mol. The standard InChI is InChI=1S/C19H27N5O2/c1-14-6-5-7-15(21-14)11-26-12-16-8-18-17(20-13-23(18)4)9-24(16)19(25)10-22(2)3/h5-7,13,16H,8-12H2,1-4H3/t16-/m1/s1. The second-order valence-electron chi connectivity index (χ2n) is 7.15. The molecule has 2 aromatic rings. The van der Waals surface area contributed by atoms with E-state index in [1.54, 1.807) is 0 Å². The average molecular weight is 357 g/mol. The SMILES string of the molecule is Cc1cccc(COC[C@H]2Cc3c(ncn3C)CN2C(=O)CN(C)C)n1. The fourth-order valence-electron chi connectivity index (χ4n) is 3.30. The Balaban J connectivity index is 1.68. The Morgan fingerprint density at radius 1 is 1.38 bits per heavy atom. The van der Waals surface area contributed by atoms with Crippen molar-refractivity contribution in [2.24, 2.45) is 7.05 Å². The van der Waals surface area contributed by atoms with E-state index < -0.39 is 0 Å². The number of aromatic nitrogens is 3. The van der Waals surface area contributed by atoms with E-state index in [2.05, 4.69) is 9.97 Å². The smallest absolute Gasteiger partial charge is 0.237 e. The topological polar surface area (TPSA) is 63.5 Å². The molecule has 140 valence electrons. The van der Waals surface area contributed by atoms with Crippen LogP contribution in [-0.2, 0) is 36.2 Å². The van der Waals surface area contributed by atoms with Crippen LogP contribution in [-0.4, -0.2) is 63.5 Å². The van der Waals surface area contributed by atoms with E-state index in [9.17, 15) is 4.79 Å². The second-order valence-corrected chi connectivity index (χ2v) is 7.15. The van der Waals surface area contributed by atoms with Crippen LogP contribution in [0.1, 0.15) is 22.8 Å². The van der Waals surface area contributed by atoms with Crippen LogP contribution in [0.25, 0.3) is 0 Å². The van der Waals surface area contributed by atoms with E-state index >= 15 is 0 Å². The van der Waals surface area contributed by atoms with Gasteiger partial charge >= 0.3 is 0 Å². The van der Waals surface area contributed by atoms with Gasteiger partial charge in [-0.15, -0.1) is 0 Å². The monoisotopic (exact) mass is 357 g/mol. The molecule has 3 rings (SSSR count). The molecule has 1 aliphatic heterocycles. The fourth-order valence-corrected chi connectivity index (χ4v) is 3.30. The molecule has 7 nitrogen and oxygen atoms in total. The van der Waals surface area contributed by atoms with Crippen LogP contribution < -0.4 is 0 Å². The zero-order valence-corrected chi connectivity index (χ0v) is 16.0. The lowest BCUT2D eigenvalue weighted by atomic mass is 10.0. The lowest BCUT2D eigenvalue weighted by Gasteiger charge is -2.36. The maximum Gasteiger partial charge on any atom is 0.237 e. The summed E-state index contributed by atoms with van der Waals surface area (Å²) in [6, 6.07) is 5.92. The molecule has 0 unspecified atom stereocenters. The van der Waals surface area contributed by atoms with Gasteiger partial charge < -0.3 is 19.1 Å². The summed E-state index contributed by atoms with van der Waals surface area (Å²) in [6.07, 6.45) is 2.57. The maximum absolute atomic E-state index is 12.7. The molecule has 0 aliphatic carbocycles. The molecule has 0 N–H and O–H groups in total. The molecule has 26 heavy (non-hydrogen) atoms. The van der Waals surface area contributed by atoms with E-state index in [4.69, 9.17) is 4.74 Å². The molecule has 0 saturated heterocycles. The van der Waals surface area contributed by atoms with Crippen LogP contribution in [0.4, 0.5) is 0 Å². The Bertz CT molecular complexity index is 771. The maximum atomic E-state index is 12.7. The van der Waals surface area contributed by atoms with Crippen LogP contribution in [0.5, 0.6) is 0 Å². The van der Waals surface area contributed by atoms with Crippen molar-refractivity contribution >= 4 is 5.91 Å². The molecule has 0 bridgehead atoms. The fraction of sp³-hybridized carbons (Fsp3) is 0.526. The summed E-state index contributed by atoms with van der Waals surface area (Å²) >= 11 is 0. The number of amides is 1. The summed E-state index contributed by atoms with van der Waals surface area (Å²) in [5.41, 5.74) is 4.05. The van der Waals surface area contributed by atoms with E-state index in [1.165, 1.54) is 5.69 Å². The molecule has 0 fully saturated rings. The molecular formula is C19H27N5O2. The van der Waals surface area contributed by atoms with Crippen molar-refractivity contribution in [1.29, 1.82) is 0 Å². The number of ether oxygens (including phenoxy) is 1. The molecule has 0 radical (unpaired) electrons. The van der Waals surface area contributed by atoms with Gasteiger partial charge in [-0.05, 0) is 33.2 Å². The lowest BCUT2D eigenvalue weighted by molar-refractivity contribution is -0.137. The molecule has 3 heterocycles. The van der Waals surface area contributed by atoms with E-state index in [1.807, 2.05) is 67.0 Å². The number of likely N-dealkylation sites (N-methyl/N-ethyl adjacent to an activating group) is 1. The Labute approximate surface area is 154 Å². The highest BCUT2D eigenvalue weighted by molar-refractivity contribution is 5.78. The minimum atomic E-state index is 0.00941. The number of rotatable bonds is 6. The number of hydrogen-bond donors (Lipinski definition) is 0. The first-order chi connectivity index (χ1) is 12.4. The van der Waals surface area contributed by atoms with Gasteiger partial charge in [0.15, 0.2) is 0 Å². The zero-order valence-electron chi connectivity index (χ0n) is 16.0. The Kier molecular flexibility index (Phi) is 5.68. The van der Waals surface area contributed by atoms with E-state index in [0.717, 1.165) is 23.5 Å². The Morgan fingerprint density at radius 3 is 2.92 bits per heavy atom. The summed E-state index contributed by atoms with van der Waals surface area (Å²) in [4.78, 5) is 25.4. The summed E-state index contributed by atoms with van der Waals surface area (Å²) < 4.78 is 7.97. The number of imidazole rings is 1. The van der Waals surface area contributed by atoms with Crippen molar-refractivity contribution in [3.63, 3.8) is 0 Å². The highest BCUT2D eigenvalue weighted by Crippen LogP contribution is 2.23. The molecule has 0 aromatic carbocycles. The average Bonchev–Trinajstić information content (AvgIpc) is 2.94. The predicted molar refractivity (Wildman–Crippen MR) is 98.4 cm³/mol. The largest absolute Gasteiger partial charge is 0.373 e. The normalized spacial score (nSPS) is 16.8. The third-order valence-electron chi connectivity index (χ3n) is 4.61. The van der Waals surface area contributed by atoms with Gasteiger partial charge in [-0.1, -0.05) is 6.07 Å². The molecule has 7 heteroatoms. The number of fused-ring (bicyclic) bond motifs is 1. The lowest BCUT2D eigenvalue weighted by Crippen LogP contribution is -2.49. The van der Waals surface area contributed by atoms with Crippen LogP contribution in [0.2, 0.25) is 0 Å². The van der Waals surface area contributed by atoms with Gasteiger partial charge in [0.2, 0.25) is 5.91 Å². The van der Waals surface area contributed by atoms with Crippen molar-refractivity contribution in [3.8, 4) is 0 Å². The Hall–Kier alpha value is -2.25. The van der Waals surface area contributed by atoms with Crippen molar-refractivity contribution < 1.29 is 9.53 Å². The van der Waals surface area contributed by atoms with Crippen LogP contribution in [0, 0.1) is 6.92 Å². The van der Waals surface area contributed by atoms with Gasteiger partial charge in [0.05, 0.1) is 50.1 Å². The highest BCUT2D eigenvalue weighted by Gasteiger charge is 2.32. The molecule has 1 amide bonds. The van der Waals surface area contributed by atoms with Gasteiger partial charge in [-0.3, -0.25) is 9.78 Å². The number of aryl methyl sites for hydroxylation is 2. The molecule has 1 atom stereocenters. The van der Waals surface area contributed by atoms with Crippen LogP contribution >= 0.6 is 0 Å². The first-order valence-electron chi connectivity index (χ1n) is 8.87. The minimum Gasteiger partial charge on any atom is -0.373 e. The predicted octanol–water partition coefficient (Wildman–Crippen LogP) is 1.16. The first-order valence-corrected chi connectivity index (χ1v) is 8.87. The molecule has 0 spiro atoms. The Morgan fingerprint density at radius 2 is 2.19 bits per heavy atom. The number of nitrogens with zero attached hydrogens (tertiary/aromatic N) is 5. The quantitative estimate of drug-likeness (QED) is 0.776. The van der Waals surface area contributed by atoms with Crippen molar-refractivity contribution in [2.75, 3.05) is 27.2 Å². The van der Waals surface area contributed by atoms with E-state index in [-0.39, 0.29) is 11.9 Å². The van der Waals surface area contributed by atoms with Gasteiger partial charge in [0.1, 0.15) is 0 Å². The second kappa shape index (κ2) is 7.97. The zero-order chi connectivity index (χ0) is 18.7. The molecule has 2 aromatic heterocycles. The van der Waals surface area contributed by atoms with Crippen LogP contribution in [0.3, 0.4) is 0 Å². The number of carbonyl (C=O) groups is 1. The van der Waals surface area contributed by atoms with Gasteiger partial charge in [-0.25, -0.2) is 4.98 Å². The number of carbonyl (C=O) groups excluding carboxylic acids is 1. The minimum absolute atomic E-state index is 0.00941. The first kappa shape index (κ1) is 18.5. The van der Waals surface area contributed by atoms with Crippen molar-refractivity contribution in [1.82, 2.24) is 24.3 Å². The summed E-state index contributed by atoms with van der Waals surface area (Å²) in [7, 11) is 5.81. The molecule has 1 aliphatic rings. The van der Waals surface area contributed by atoms with Crippen molar-refractivity contribution in [3.05, 3.63) is 47.3 Å². The summed E-state index contributed by atoms with van der Waals surface area (Å²) in [5.74, 6) is 0.105. The van der Waals surface area contributed by atoms with Crippen molar-refractivity contribution in [2.45, 2.75) is 32.5 Å².